The number of anilines is 2. The number of likely N-dealkylation sites (tertiary alicyclic amines) is 1. The molecule has 1 fully saturated rings. The van der Waals surface area contributed by atoms with Gasteiger partial charge in [-0.15, -0.1) is 0 Å². The average Bonchev–Trinajstić information content (AvgIpc) is 3.26. The molecule has 0 saturated carbocycles. The van der Waals surface area contributed by atoms with E-state index in [1.165, 1.54) is 0 Å². The monoisotopic (exact) mass is 438 g/mol. The van der Waals surface area contributed by atoms with E-state index in [4.69, 9.17) is 14.7 Å². The lowest BCUT2D eigenvalue weighted by atomic mass is 10.0. The number of methoxy groups -OCH3 is 1. The minimum atomic E-state index is -0.0726. The van der Waals surface area contributed by atoms with Gasteiger partial charge in [-0.1, -0.05) is 0 Å². The van der Waals surface area contributed by atoms with Gasteiger partial charge in [-0.3, -0.25) is 14.5 Å². The molecule has 0 radical (unpaired) electrons. The van der Waals surface area contributed by atoms with Crippen molar-refractivity contribution in [2.24, 2.45) is 0 Å². The fourth-order valence-electron chi connectivity index (χ4n) is 4.44. The third kappa shape index (κ3) is 4.67. The minimum absolute atomic E-state index is 0.0262. The highest BCUT2D eigenvalue weighted by atomic mass is 16.5. The van der Waals surface area contributed by atoms with Crippen LogP contribution in [0, 0.1) is 0 Å². The van der Waals surface area contributed by atoms with Gasteiger partial charge >= 0.3 is 0 Å². The zero-order valence-corrected chi connectivity index (χ0v) is 18.9. The molecular weight excluding hydrogens is 408 g/mol. The van der Waals surface area contributed by atoms with Gasteiger partial charge in [-0.05, 0) is 50.1 Å². The van der Waals surface area contributed by atoms with Gasteiger partial charge in [0.15, 0.2) is 0 Å². The number of carbonyl (C=O) groups is 2. The smallest absolute Gasteiger partial charge is 0.238 e. The summed E-state index contributed by atoms with van der Waals surface area (Å²) in [6.45, 7) is 3.85. The van der Waals surface area contributed by atoms with Gasteiger partial charge < -0.3 is 20.3 Å². The predicted molar refractivity (Wildman–Crippen MR) is 122 cm³/mol. The molecule has 1 saturated heterocycles. The number of amides is 2. The van der Waals surface area contributed by atoms with Crippen LogP contribution in [-0.4, -0.2) is 65.4 Å². The van der Waals surface area contributed by atoms with E-state index in [2.05, 4.69) is 15.5 Å². The van der Waals surface area contributed by atoms with Crippen LogP contribution < -0.4 is 15.4 Å². The Kier molecular flexibility index (Phi) is 6.55. The quantitative estimate of drug-likeness (QED) is 0.713. The molecule has 3 heterocycles. The maximum absolute atomic E-state index is 12.7. The van der Waals surface area contributed by atoms with Crippen molar-refractivity contribution in [3.05, 3.63) is 41.3 Å². The Hall–Kier alpha value is -3.20. The molecule has 2 aliphatic heterocycles. The van der Waals surface area contributed by atoms with Crippen molar-refractivity contribution in [2.45, 2.75) is 38.8 Å². The topological polar surface area (TPSA) is 99.7 Å². The number of hydrogen-bond acceptors (Lipinski definition) is 7. The number of rotatable bonds is 6. The van der Waals surface area contributed by atoms with Crippen LogP contribution in [0.15, 0.2) is 24.3 Å². The lowest BCUT2D eigenvalue weighted by Crippen LogP contribution is -2.37. The first kappa shape index (κ1) is 22.0. The summed E-state index contributed by atoms with van der Waals surface area (Å²) in [5.41, 5.74) is 2.71. The van der Waals surface area contributed by atoms with Crippen LogP contribution in [0.2, 0.25) is 0 Å². The van der Waals surface area contributed by atoms with Crippen LogP contribution in [-0.2, 0) is 22.6 Å². The SMILES string of the molecule is CNc1nc(C2CCCN2CC(=O)Nc2ccc(OC)cc2)nc2c1CCN(C(C)=O)C2. The van der Waals surface area contributed by atoms with Gasteiger partial charge in [0.05, 0.1) is 31.9 Å². The molecule has 2 aliphatic rings. The first-order valence-electron chi connectivity index (χ1n) is 11.0. The van der Waals surface area contributed by atoms with Gasteiger partial charge in [-0.25, -0.2) is 9.97 Å². The summed E-state index contributed by atoms with van der Waals surface area (Å²) in [7, 11) is 3.47. The van der Waals surface area contributed by atoms with Crippen LogP contribution in [0.1, 0.15) is 42.9 Å². The van der Waals surface area contributed by atoms with E-state index >= 15 is 0 Å². The Morgan fingerprint density at radius 2 is 1.97 bits per heavy atom. The standard InChI is InChI=1S/C23H30N6O3/c1-15(30)28-12-10-18-19(13-28)26-23(27-22(18)24-2)20-5-4-11-29(20)14-21(31)25-16-6-8-17(32-3)9-7-16/h6-9,20H,4-5,10-14H2,1-3H3,(H,25,31)(H,24,26,27). The molecule has 9 nitrogen and oxygen atoms in total. The summed E-state index contributed by atoms with van der Waals surface area (Å²) in [6.07, 6.45) is 2.62. The van der Waals surface area contributed by atoms with Crippen molar-refractivity contribution >= 4 is 23.3 Å². The Labute approximate surface area is 188 Å². The number of aromatic nitrogens is 2. The summed E-state index contributed by atoms with van der Waals surface area (Å²) in [4.78, 5) is 38.2. The van der Waals surface area contributed by atoms with Crippen LogP contribution in [0.5, 0.6) is 5.75 Å². The Morgan fingerprint density at radius 1 is 1.19 bits per heavy atom. The maximum atomic E-state index is 12.7. The molecule has 0 aliphatic carbocycles. The molecule has 2 amide bonds. The number of nitrogens with zero attached hydrogens (tertiary/aromatic N) is 4. The molecule has 0 spiro atoms. The lowest BCUT2D eigenvalue weighted by molar-refractivity contribution is -0.129. The summed E-state index contributed by atoms with van der Waals surface area (Å²) in [5, 5.41) is 6.15. The highest BCUT2D eigenvalue weighted by Gasteiger charge is 2.32. The summed E-state index contributed by atoms with van der Waals surface area (Å²) >= 11 is 0. The molecule has 4 rings (SSSR count). The van der Waals surface area contributed by atoms with Gasteiger partial charge in [-0.2, -0.15) is 0 Å². The second kappa shape index (κ2) is 9.52. The Bertz CT molecular complexity index is 994. The predicted octanol–water partition coefficient (Wildman–Crippen LogP) is 2.21. The van der Waals surface area contributed by atoms with Gasteiger partial charge in [0.25, 0.3) is 0 Å². The van der Waals surface area contributed by atoms with Gasteiger partial charge in [0.1, 0.15) is 17.4 Å². The van der Waals surface area contributed by atoms with Gasteiger partial charge in [0.2, 0.25) is 11.8 Å². The molecule has 32 heavy (non-hydrogen) atoms. The summed E-state index contributed by atoms with van der Waals surface area (Å²) < 4.78 is 5.16. The first-order valence-corrected chi connectivity index (χ1v) is 11.0. The third-order valence-corrected chi connectivity index (χ3v) is 6.15. The van der Waals surface area contributed by atoms with Crippen LogP contribution in [0.3, 0.4) is 0 Å². The highest BCUT2D eigenvalue weighted by molar-refractivity contribution is 5.92. The van der Waals surface area contributed by atoms with Crippen molar-refractivity contribution in [3.8, 4) is 5.75 Å². The second-order valence-corrected chi connectivity index (χ2v) is 8.20. The van der Waals surface area contributed by atoms with E-state index in [1.807, 2.05) is 36.2 Å². The van der Waals surface area contributed by atoms with Crippen molar-refractivity contribution in [1.29, 1.82) is 0 Å². The molecule has 170 valence electrons. The van der Waals surface area contributed by atoms with E-state index in [9.17, 15) is 9.59 Å². The fourth-order valence-corrected chi connectivity index (χ4v) is 4.44. The zero-order chi connectivity index (χ0) is 22.7. The molecule has 1 aromatic heterocycles. The fraction of sp³-hybridized carbons (Fsp3) is 0.478. The van der Waals surface area contributed by atoms with E-state index in [0.29, 0.717) is 18.9 Å². The zero-order valence-electron chi connectivity index (χ0n) is 18.9. The molecule has 1 atom stereocenters. The largest absolute Gasteiger partial charge is 0.497 e. The van der Waals surface area contributed by atoms with Crippen LogP contribution in [0.25, 0.3) is 0 Å². The van der Waals surface area contributed by atoms with Crippen molar-refractivity contribution in [2.75, 3.05) is 44.4 Å². The van der Waals surface area contributed by atoms with Crippen LogP contribution >= 0.6 is 0 Å². The molecule has 0 bridgehead atoms. The minimum Gasteiger partial charge on any atom is -0.497 e. The first-order chi connectivity index (χ1) is 15.5. The number of carbonyl (C=O) groups excluding carboxylic acids is 2. The number of hydrogen-bond donors (Lipinski definition) is 2. The van der Waals surface area contributed by atoms with E-state index < -0.39 is 0 Å². The maximum Gasteiger partial charge on any atom is 0.238 e. The lowest BCUT2D eigenvalue weighted by Gasteiger charge is -2.30. The number of nitrogens with one attached hydrogen (secondary N) is 2. The van der Waals surface area contributed by atoms with Gasteiger partial charge in [0, 0.05) is 31.8 Å². The number of benzene rings is 1. The van der Waals surface area contributed by atoms with Crippen molar-refractivity contribution in [3.63, 3.8) is 0 Å². The summed E-state index contributed by atoms with van der Waals surface area (Å²) in [5.74, 6) is 2.27. The molecule has 1 aromatic carbocycles. The Morgan fingerprint density at radius 3 is 2.66 bits per heavy atom. The molecule has 1 unspecified atom stereocenters. The van der Waals surface area contributed by atoms with Crippen LogP contribution in [0.4, 0.5) is 11.5 Å². The number of fused-ring (bicyclic) bond motifs is 1. The molecular formula is C23H30N6O3. The Balaban J connectivity index is 1.49. The highest BCUT2D eigenvalue weighted by Crippen LogP contribution is 2.33. The van der Waals surface area contributed by atoms with Crippen molar-refractivity contribution in [1.82, 2.24) is 19.8 Å². The second-order valence-electron chi connectivity index (χ2n) is 8.20. The molecule has 9 heteroatoms. The van der Waals surface area contributed by atoms with E-state index in [0.717, 1.165) is 54.3 Å². The van der Waals surface area contributed by atoms with E-state index in [-0.39, 0.29) is 24.4 Å². The third-order valence-electron chi connectivity index (χ3n) is 6.15. The molecule has 2 aromatic rings. The van der Waals surface area contributed by atoms with E-state index in [1.54, 1.807) is 14.0 Å². The molecule has 2 N–H and O–H groups in total. The normalized spacial score (nSPS) is 18.2. The summed E-state index contributed by atoms with van der Waals surface area (Å²) in [6, 6.07) is 7.26. The number of ether oxygens (including phenoxy) is 1. The van der Waals surface area contributed by atoms with Crippen molar-refractivity contribution < 1.29 is 14.3 Å². The average molecular weight is 439 g/mol.